The predicted octanol–water partition coefficient (Wildman–Crippen LogP) is 2.59. The van der Waals surface area contributed by atoms with E-state index in [1.54, 1.807) is 0 Å². The van der Waals surface area contributed by atoms with Crippen LogP contribution in [0.1, 0.15) is 34.6 Å². The molecule has 0 aliphatic carbocycles. The van der Waals surface area contributed by atoms with Gasteiger partial charge in [-0.25, -0.2) is 0 Å². The second-order valence-corrected chi connectivity index (χ2v) is 3.72. The first-order valence-corrected chi connectivity index (χ1v) is 4.40. The fourth-order valence-electron chi connectivity index (χ4n) is 0.685. The number of hydrogen-bond donors (Lipinski definition) is 1. The lowest BCUT2D eigenvalue weighted by molar-refractivity contribution is 0.444. The molecule has 11 heavy (non-hydrogen) atoms. The summed E-state index contributed by atoms with van der Waals surface area (Å²) in [6.45, 7) is 12.0. The molecule has 0 radical (unpaired) electrons. The maximum absolute atomic E-state index is 3.44. The van der Waals surface area contributed by atoms with Crippen molar-refractivity contribution in [2.24, 2.45) is 5.92 Å². The molecule has 0 heterocycles. The third kappa shape index (κ3) is 6.11. The smallest absolute Gasteiger partial charge is 0.0139 e. The van der Waals surface area contributed by atoms with Crippen LogP contribution in [0.25, 0.3) is 0 Å². The summed E-state index contributed by atoms with van der Waals surface area (Å²) in [5, 5.41) is 3.44. The molecule has 66 valence electrons. The van der Waals surface area contributed by atoms with Crippen LogP contribution >= 0.6 is 0 Å². The average molecular weight is 155 g/mol. The summed E-state index contributed by atoms with van der Waals surface area (Å²) in [6, 6.07) is 0.616. The zero-order valence-electron chi connectivity index (χ0n) is 8.44. The van der Waals surface area contributed by atoms with Crippen molar-refractivity contribution in [2.45, 2.75) is 40.7 Å². The molecule has 0 saturated heterocycles. The van der Waals surface area contributed by atoms with Gasteiger partial charge in [-0.2, -0.15) is 0 Å². The number of hydrogen-bond acceptors (Lipinski definition) is 1. The average Bonchev–Trinajstić information content (AvgIpc) is 1.86. The van der Waals surface area contributed by atoms with Crippen molar-refractivity contribution in [3.05, 3.63) is 11.6 Å². The first-order valence-electron chi connectivity index (χ1n) is 4.40. The summed E-state index contributed by atoms with van der Waals surface area (Å²) in [7, 11) is 0. The van der Waals surface area contributed by atoms with Gasteiger partial charge < -0.3 is 5.32 Å². The van der Waals surface area contributed by atoms with Crippen LogP contribution in [-0.2, 0) is 0 Å². The molecule has 0 aromatic heterocycles. The van der Waals surface area contributed by atoms with Crippen molar-refractivity contribution in [3.8, 4) is 0 Å². The van der Waals surface area contributed by atoms with E-state index >= 15 is 0 Å². The molecule has 0 aliphatic rings. The van der Waals surface area contributed by atoms with Gasteiger partial charge in [0, 0.05) is 12.6 Å². The third-order valence-corrected chi connectivity index (χ3v) is 1.95. The Morgan fingerprint density at radius 1 is 1.27 bits per heavy atom. The summed E-state index contributed by atoms with van der Waals surface area (Å²) < 4.78 is 0. The number of allylic oxidation sites excluding steroid dienone is 1. The van der Waals surface area contributed by atoms with Crippen molar-refractivity contribution in [1.29, 1.82) is 0 Å². The van der Waals surface area contributed by atoms with Gasteiger partial charge in [-0.05, 0) is 26.7 Å². The van der Waals surface area contributed by atoms with Gasteiger partial charge in [0.15, 0.2) is 0 Å². The molecule has 0 aliphatic heterocycles. The molecule has 0 fully saturated rings. The standard InChI is InChI=1S/C10H21N/c1-8(2)6-7-11-10(5)9(3)4/h6,9-11H,7H2,1-5H3. The molecule has 1 heteroatoms. The SMILES string of the molecule is CC(C)=CCNC(C)C(C)C. The first-order chi connectivity index (χ1) is 5.04. The van der Waals surface area contributed by atoms with E-state index in [-0.39, 0.29) is 0 Å². The molecule has 0 bridgehead atoms. The lowest BCUT2D eigenvalue weighted by Crippen LogP contribution is -2.30. The summed E-state index contributed by atoms with van der Waals surface area (Å²) >= 11 is 0. The molecule has 0 spiro atoms. The Balaban J connectivity index is 3.47. The fourth-order valence-corrected chi connectivity index (χ4v) is 0.685. The fraction of sp³-hybridized carbons (Fsp3) is 0.800. The molecule has 1 unspecified atom stereocenters. The van der Waals surface area contributed by atoms with Crippen LogP contribution in [0.4, 0.5) is 0 Å². The lowest BCUT2D eigenvalue weighted by Gasteiger charge is -2.15. The van der Waals surface area contributed by atoms with Crippen LogP contribution in [0.3, 0.4) is 0 Å². The molecule has 1 atom stereocenters. The van der Waals surface area contributed by atoms with Crippen molar-refractivity contribution in [1.82, 2.24) is 5.32 Å². The van der Waals surface area contributed by atoms with Gasteiger partial charge in [0.2, 0.25) is 0 Å². The third-order valence-electron chi connectivity index (χ3n) is 1.95. The van der Waals surface area contributed by atoms with Crippen molar-refractivity contribution >= 4 is 0 Å². The van der Waals surface area contributed by atoms with Crippen LogP contribution in [0, 0.1) is 5.92 Å². The van der Waals surface area contributed by atoms with E-state index in [9.17, 15) is 0 Å². The van der Waals surface area contributed by atoms with E-state index in [0.29, 0.717) is 6.04 Å². The highest BCUT2D eigenvalue weighted by Crippen LogP contribution is 1.99. The zero-order chi connectivity index (χ0) is 8.85. The minimum atomic E-state index is 0.616. The Kier molecular flexibility index (Phi) is 5.22. The summed E-state index contributed by atoms with van der Waals surface area (Å²) in [5.41, 5.74) is 1.38. The lowest BCUT2D eigenvalue weighted by atomic mass is 10.1. The topological polar surface area (TPSA) is 12.0 Å². The van der Waals surface area contributed by atoms with Gasteiger partial charge in [0.25, 0.3) is 0 Å². The molecular weight excluding hydrogens is 134 g/mol. The van der Waals surface area contributed by atoms with Crippen LogP contribution in [0.15, 0.2) is 11.6 Å². The van der Waals surface area contributed by atoms with Gasteiger partial charge in [-0.15, -0.1) is 0 Å². The highest BCUT2D eigenvalue weighted by atomic mass is 14.9. The first kappa shape index (κ1) is 10.7. The predicted molar refractivity (Wildman–Crippen MR) is 51.7 cm³/mol. The van der Waals surface area contributed by atoms with E-state index in [1.807, 2.05) is 0 Å². The molecule has 0 aromatic rings. The molecule has 0 saturated carbocycles. The molecule has 1 nitrogen and oxygen atoms in total. The van der Waals surface area contributed by atoms with Gasteiger partial charge in [-0.3, -0.25) is 0 Å². The van der Waals surface area contributed by atoms with Crippen LogP contribution in [-0.4, -0.2) is 12.6 Å². The van der Waals surface area contributed by atoms with Crippen LogP contribution < -0.4 is 5.32 Å². The maximum Gasteiger partial charge on any atom is 0.0139 e. The monoisotopic (exact) mass is 155 g/mol. The zero-order valence-corrected chi connectivity index (χ0v) is 8.44. The van der Waals surface area contributed by atoms with E-state index < -0.39 is 0 Å². The van der Waals surface area contributed by atoms with Crippen molar-refractivity contribution in [2.75, 3.05) is 6.54 Å². The van der Waals surface area contributed by atoms with Crippen LogP contribution in [0.5, 0.6) is 0 Å². The molecule has 0 amide bonds. The molecule has 0 aromatic carbocycles. The van der Waals surface area contributed by atoms with Gasteiger partial charge in [-0.1, -0.05) is 25.5 Å². The Morgan fingerprint density at radius 2 is 1.82 bits per heavy atom. The number of nitrogens with one attached hydrogen (secondary N) is 1. The van der Waals surface area contributed by atoms with Crippen LogP contribution in [0.2, 0.25) is 0 Å². The Labute approximate surface area is 70.9 Å². The quantitative estimate of drug-likeness (QED) is 0.615. The summed E-state index contributed by atoms with van der Waals surface area (Å²) in [5.74, 6) is 0.723. The van der Waals surface area contributed by atoms with Gasteiger partial charge in [0.05, 0.1) is 0 Å². The van der Waals surface area contributed by atoms with E-state index in [0.717, 1.165) is 12.5 Å². The second kappa shape index (κ2) is 5.36. The molecule has 1 N–H and O–H groups in total. The minimum Gasteiger partial charge on any atom is -0.311 e. The largest absolute Gasteiger partial charge is 0.311 e. The van der Waals surface area contributed by atoms with E-state index in [1.165, 1.54) is 5.57 Å². The van der Waals surface area contributed by atoms with Crippen molar-refractivity contribution < 1.29 is 0 Å². The molecular formula is C10H21N. The van der Waals surface area contributed by atoms with Gasteiger partial charge >= 0.3 is 0 Å². The maximum atomic E-state index is 3.44. The normalized spacial score (nSPS) is 13.3. The minimum absolute atomic E-state index is 0.616. The number of rotatable bonds is 4. The Bertz CT molecular complexity index is 121. The summed E-state index contributed by atoms with van der Waals surface area (Å²) in [6.07, 6.45) is 2.22. The van der Waals surface area contributed by atoms with E-state index in [2.05, 4.69) is 46.0 Å². The van der Waals surface area contributed by atoms with Crippen molar-refractivity contribution in [3.63, 3.8) is 0 Å². The summed E-state index contributed by atoms with van der Waals surface area (Å²) in [4.78, 5) is 0. The highest BCUT2D eigenvalue weighted by molar-refractivity contribution is 4.94. The molecule has 0 rings (SSSR count). The van der Waals surface area contributed by atoms with Gasteiger partial charge in [0.1, 0.15) is 0 Å². The van der Waals surface area contributed by atoms with E-state index in [4.69, 9.17) is 0 Å². The highest BCUT2D eigenvalue weighted by Gasteiger charge is 2.03. The Hall–Kier alpha value is -0.300. The second-order valence-electron chi connectivity index (χ2n) is 3.72. The Morgan fingerprint density at radius 3 is 2.18 bits per heavy atom.